The van der Waals surface area contributed by atoms with Crippen LogP contribution in [0, 0.1) is 11.8 Å². The number of piperidine rings is 3. The van der Waals surface area contributed by atoms with Crippen molar-refractivity contribution in [2.45, 2.75) is 44.8 Å². The molecule has 1 aromatic heterocycles. The molecule has 5 rings (SSSR count). The number of ether oxygens (including phenoxy) is 2. The van der Waals surface area contributed by atoms with Gasteiger partial charge in [0.15, 0.2) is 0 Å². The molecule has 1 unspecified atom stereocenters. The van der Waals surface area contributed by atoms with Crippen LogP contribution in [0.5, 0.6) is 11.6 Å². The standard InChI is InChI=1S/C25H37N3O3/c1-5-17-16-28-11-9-18(17)13-23(28)25(29)21-15-24(31-12-6-10-27(2)3)26-22-8-7-19(30-4)14-20(21)22/h7-8,14-15,17-18,23,25,29H,5-6,9-13,16H2,1-4H3/t17-,18-,23-,25-/m0/s1. The first kappa shape index (κ1) is 22.3. The van der Waals surface area contributed by atoms with Crippen molar-refractivity contribution in [3.63, 3.8) is 0 Å². The van der Waals surface area contributed by atoms with Gasteiger partial charge in [0, 0.05) is 30.6 Å². The third-order valence-corrected chi connectivity index (χ3v) is 7.17. The minimum absolute atomic E-state index is 0.153. The molecule has 4 heterocycles. The number of hydrogen-bond acceptors (Lipinski definition) is 6. The molecule has 1 aromatic carbocycles. The Hall–Kier alpha value is -1.89. The molecule has 3 saturated heterocycles. The van der Waals surface area contributed by atoms with Gasteiger partial charge in [-0.1, -0.05) is 13.3 Å². The summed E-state index contributed by atoms with van der Waals surface area (Å²) in [5.41, 5.74) is 1.74. The Labute approximate surface area is 186 Å². The number of pyridine rings is 1. The highest BCUT2D eigenvalue weighted by molar-refractivity contribution is 5.84. The molecule has 3 aliphatic rings. The summed E-state index contributed by atoms with van der Waals surface area (Å²) in [7, 11) is 5.79. The Morgan fingerprint density at radius 3 is 2.81 bits per heavy atom. The van der Waals surface area contributed by atoms with Crippen LogP contribution in [0.15, 0.2) is 24.3 Å². The molecule has 3 aliphatic heterocycles. The maximum atomic E-state index is 11.6. The van der Waals surface area contributed by atoms with Gasteiger partial charge in [0.25, 0.3) is 0 Å². The fourth-order valence-electron chi connectivity index (χ4n) is 5.39. The van der Waals surface area contributed by atoms with Crippen molar-refractivity contribution in [3.8, 4) is 11.6 Å². The largest absolute Gasteiger partial charge is 0.497 e. The van der Waals surface area contributed by atoms with Gasteiger partial charge in [-0.15, -0.1) is 0 Å². The molecule has 31 heavy (non-hydrogen) atoms. The van der Waals surface area contributed by atoms with E-state index in [0.29, 0.717) is 12.5 Å². The van der Waals surface area contributed by atoms with Crippen molar-refractivity contribution in [3.05, 3.63) is 29.8 Å². The fourth-order valence-corrected chi connectivity index (χ4v) is 5.39. The average molecular weight is 428 g/mol. The molecule has 2 aromatic rings. The first-order valence-corrected chi connectivity index (χ1v) is 11.7. The molecule has 0 spiro atoms. The molecule has 2 bridgehead atoms. The molecule has 0 aliphatic carbocycles. The van der Waals surface area contributed by atoms with Crippen molar-refractivity contribution in [1.82, 2.24) is 14.8 Å². The van der Waals surface area contributed by atoms with E-state index in [-0.39, 0.29) is 6.04 Å². The molecular formula is C25H37N3O3. The second kappa shape index (κ2) is 9.72. The van der Waals surface area contributed by atoms with Crippen molar-refractivity contribution in [2.24, 2.45) is 11.8 Å². The Morgan fingerprint density at radius 1 is 1.29 bits per heavy atom. The normalized spacial score (nSPS) is 26.4. The number of methoxy groups -OCH3 is 1. The number of nitrogens with zero attached hydrogens (tertiary/aromatic N) is 3. The SMILES string of the molecule is CC[C@H]1CN2CC[C@H]1C[C@H]2[C@@H](O)c1cc(OCCCN(C)C)nc2ccc(OC)cc12. The molecule has 6 heteroatoms. The lowest BCUT2D eigenvalue weighted by atomic mass is 9.72. The van der Waals surface area contributed by atoms with Crippen LogP contribution in [0.25, 0.3) is 10.9 Å². The summed E-state index contributed by atoms with van der Waals surface area (Å²) in [6, 6.07) is 7.96. The van der Waals surface area contributed by atoms with Crippen LogP contribution < -0.4 is 9.47 Å². The van der Waals surface area contributed by atoms with E-state index in [4.69, 9.17) is 14.5 Å². The van der Waals surface area contributed by atoms with Gasteiger partial charge >= 0.3 is 0 Å². The fraction of sp³-hybridized carbons (Fsp3) is 0.640. The predicted molar refractivity (Wildman–Crippen MR) is 124 cm³/mol. The van der Waals surface area contributed by atoms with E-state index in [1.54, 1.807) is 7.11 Å². The van der Waals surface area contributed by atoms with Gasteiger partial charge in [0.1, 0.15) is 5.75 Å². The van der Waals surface area contributed by atoms with E-state index in [2.05, 4.69) is 30.8 Å². The Balaban J connectivity index is 1.62. The van der Waals surface area contributed by atoms with Gasteiger partial charge < -0.3 is 19.5 Å². The van der Waals surface area contributed by atoms with Crippen molar-refractivity contribution < 1.29 is 14.6 Å². The van der Waals surface area contributed by atoms with Gasteiger partial charge in [-0.2, -0.15) is 0 Å². The third kappa shape index (κ3) is 4.81. The summed E-state index contributed by atoms with van der Waals surface area (Å²) >= 11 is 0. The van der Waals surface area contributed by atoms with E-state index in [1.807, 2.05) is 24.3 Å². The van der Waals surface area contributed by atoms with Crippen LogP contribution in [0.4, 0.5) is 0 Å². The van der Waals surface area contributed by atoms with Crippen LogP contribution in [-0.2, 0) is 0 Å². The van der Waals surface area contributed by atoms with Crippen LogP contribution in [-0.4, -0.2) is 73.4 Å². The molecule has 170 valence electrons. The summed E-state index contributed by atoms with van der Waals surface area (Å²) in [5.74, 6) is 2.85. The highest BCUT2D eigenvalue weighted by atomic mass is 16.5. The quantitative estimate of drug-likeness (QED) is 0.616. The van der Waals surface area contributed by atoms with Crippen molar-refractivity contribution >= 4 is 10.9 Å². The number of aromatic nitrogens is 1. The van der Waals surface area contributed by atoms with Crippen molar-refractivity contribution in [2.75, 3.05) is 47.4 Å². The van der Waals surface area contributed by atoms with Crippen LogP contribution in [0.1, 0.15) is 44.3 Å². The molecule has 0 amide bonds. The van der Waals surface area contributed by atoms with Gasteiger partial charge in [0.05, 0.1) is 25.3 Å². The average Bonchev–Trinajstić information content (AvgIpc) is 2.80. The number of aliphatic hydroxyl groups is 1. The number of benzene rings is 1. The lowest BCUT2D eigenvalue weighted by molar-refractivity contribution is -0.0562. The second-order valence-electron chi connectivity index (χ2n) is 9.40. The summed E-state index contributed by atoms with van der Waals surface area (Å²) < 4.78 is 11.5. The number of aliphatic hydroxyl groups excluding tert-OH is 1. The zero-order valence-electron chi connectivity index (χ0n) is 19.4. The van der Waals surface area contributed by atoms with Crippen LogP contribution in [0.2, 0.25) is 0 Å². The predicted octanol–water partition coefficient (Wildman–Crippen LogP) is 3.73. The maximum Gasteiger partial charge on any atom is 0.214 e. The number of hydrogen-bond donors (Lipinski definition) is 1. The van der Waals surface area contributed by atoms with Gasteiger partial charge in [-0.3, -0.25) is 4.90 Å². The summed E-state index contributed by atoms with van der Waals surface area (Å²) in [6.07, 6.45) is 3.91. The van der Waals surface area contributed by atoms with E-state index in [9.17, 15) is 5.11 Å². The highest BCUT2D eigenvalue weighted by Crippen LogP contribution is 2.43. The summed E-state index contributed by atoms with van der Waals surface area (Å²) in [5, 5.41) is 12.5. The first-order chi connectivity index (χ1) is 15.0. The zero-order chi connectivity index (χ0) is 22.0. The Bertz CT molecular complexity index is 888. The monoisotopic (exact) mass is 427 g/mol. The lowest BCUT2D eigenvalue weighted by Gasteiger charge is -2.51. The smallest absolute Gasteiger partial charge is 0.214 e. The molecule has 3 fully saturated rings. The molecule has 1 N–H and O–H groups in total. The summed E-state index contributed by atoms with van der Waals surface area (Å²) in [4.78, 5) is 9.36. The Kier molecular flexibility index (Phi) is 6.99. The van der Waals surface area contributed by atoms with Crippen LogP contribution in [0.3, 0.4) is 0 Å². The topological polar surface area (TPSA) is 58.1 Å². The van der Waals surface area contributed by atoms with Gasteiger partial charge in [-0.05, 0) is 75.5 Å². The molecular weight excluding hydrogens is 390 g/mol. The second-order valence-corrected chi connectivity index (χ2v) is 9.40. The lowest BCUT2D eigenvalue weighted by Crippen LogP contribution is -2.55. The Morgan fingerprint density at radius 2 is 2.13 bits per heavy atom. The molecule has 6 nitrogen and oxygen atoms in total. The minimum Gasteiger partial charge on any atom is -0.497 e. The van der Waals surface area contributed by atoms with E-state index >= 15 is 0 Å². The van der Waals surface area contributed by atoms with Crippen LogP contribution >= 0.6 is 0 Å². The summed E-state index contributed by atoms with van der Waals surface area (Å²) in [6.45, 7) is 6.06. The molecule has 0 radical (unpaired) electrons. The van der Waals surface area contributed by atoms with E-state index < -0.39 is 6.10 Å². The first-order valence-electron chi connectivity index (χ1n) is 11.7. The van der Waals surface area contributed by atoms with Crippen molar-refractivity contribution in [1.29, 1.82) is 0 Å². The van der Waals surface area contributed by atoms with E-state index in [0.717, 1.165) is 66.5 Å². The maximum absolute atomic E-state index is 11.6. The number of rotatable bonds is 9. The molecule has 0 saturated carbocycles. The van der Waals surface area contributed by atoms with Gasteiger partial charge in [-0.25, -0.2) is 4.98 Å². The third-order valence-electron chi connectivity index (χ3n) is 7.17. The van der Waals surface area contributed by atoms with E-state index in [1.165, 1.54) is 12.8 Å². The van der Waals surface area contributed by atoms with Gasteiger partial charge in [0.2, 0.25) is 5.88 Å². The highest BCUT2D eigenvalue weighted by Gasteiger charge is 2.42. The zero-order valence-corrected chi connectivity index (χ0v) is 19.4. The number of fused-ring (bicyclic) bond motifs is 4. The minimum atomic E-state index is -0.567. The molecule has 5 atom stereocenters.